The molecule has 2 aromatic carbocycles. The summed E-state index contributed by atoms with van der Waals surface area (Å²) in [5, 5.41) is 3.01. The highest BCUT2D eigenvalue weighted by Crippen LogP contribution is 2.21. The molecule has 1 amide bonds. The summed E-state index contributed by atoms with van der Waals surface area (Å²) >= 11 is 0. The van der Waals surface area contributed by atoms with Crippen molar-refractivity contribution >= 4 is 15.9 Å². The van der Waals surface area contributed by atoms with Gasteiger partial charge in [0.25, 0.3) is 0 Å². The number of carbonyl (C=O) groups is 1. The Bertz CT molecular complexity index is 1000. The summed E-state index contributed by atoms with van der Waals surface area (Å²) in [7, 11) is 2.09. The van der Waals surface area contributed by atoms with Crippen molar-refractivity contribution in [2.24, 2.45) is 0 Å². The van der Waals surface area contributed by atoms with Gasteiger partial charge in [0, 0.05) is 26.1 Å². The Labute approximate surface area is 196 Å². The number of aryl methyl sites for hydroxylation is 1. The second kappa shape index (κ2) is 11.6. The topological polar surface area (TPSA) is 88.2 Å². The van der Waals surface area contributed by atoms with E-state index in [0.29, 0.717) is 45.7 Å². The first-order valence-electron chi connectivity index (χ1n) is 11.0. The third kappa shape index (κ3) is 6.77. The quantitative estimate of drug-likeness (QED) is 0.566. The maximum absolute atomic E-state index is 12.7. The SMILES string of the molecule is COc1ccc(C(CNC(=O)CCc2ccc(S(=O)(=O)N3CCOCC3)cc2)N(C)C)cc1. The number of methoxy groups -OCH3 is 1. The zero-order chi connectivity index (χ0) is 23.8. The molecule has 1 unspecified atom stereocenters. The van der Waals surface area contributed by atoms with Crippen LogP contribution in [0.2, 0.25) is 0 Å². The lowest BCUT2D eigenvalue weighted by Gasteiger charge is -2.26. The normalized spacial score (nSPS) is 15.9. The van der Waals surface area contributed by atoms with Gasteiger partial charge in [-0.2, -0.15) is 4.31 Å². The number of hydrogen-bond donors (Lipinski definition) is 1. The van der Waals surface area contributed by atoms with Gasteiger partial charge in [0.1, 0.15) is 5.75 Å². The molecule has 1 N–H and O–H groups in total. The number of rotatable bonds is 10. The van der Waals surface area contributed by atoms with E-state index in [1.54, 1.807) is 31.4 Å². The largest absolute Gasteiger partial charge is 0.497 e. The molecule has 1 saturated heterocycles. The van der Waals surface area contributed by atoms with Crippen molar-refractivity contribution < 1.29 is 22.7 Å². The van der Waals surface area contributed by atoms with Gasteiger partial charge < -0.3 is 19.7 Å². The van der Waals surface area contributed by atoms with Gasteiger partial charge in [0.05, 0.1) is 31.3 Å². The lowest BCUT2D eigenvalue weighted by molar-refractivity contribution is -0.121. The first kappa shape index (κ1) is 25.2. The minimum atomic E-state index is -3.51. The molecule has 0 radical (unpaired) electrons. The van der Waals surface area contributed by atoms with Gasteiger partial charge in [-0.3, -0.25) is 4.79 Å². The number of nitrogens with zero attached hydrogens (tertiary/aromatic N) is 2. The Hall–Kier alpha value is -2.46. The van der Waals surface area contributed by atoms with E-state index in [4.69, 9.17) is 9.47 Å². The van der Waals surface area contributed by atoms with Gasteiger partial charge in [0.2, 0.25) is 15.9 Å². The highest BCUT2D eigenvalue weighted by atomic mass is 32.2. The number of carbonyl (C=O) groups excluding carboxylic acids is 1. The fourth-order valence-corrected chi connectivity index (χ4v) is 5.15. The molecule has 0 saturated carbocycles. The molecule has 1 atom stereocenters. The molecule has 1 aliphatic rings. The Balaban J connectivity index is 1.51. The van der Waals surface area contributed by atoms with E-state index in [1.807, 2.05) is 38.4 Å². The van der Waals surface area contributed by atoms with Crippen molar-refractivity contribution in [3.05, 3.63) is 59.7 Å². The van der Waals surface area contributed by atoms with Crippen molar-refractivity contribution in [3.8, 4) is 5.75 Å². The van der Waals surface area contributed by atoms with E-state index in [1.165, 1.54) is 4.31 Å². The third-order valence-electron chi connectivity index (χ3n) is 5.79. The zero-order valence-electron chi connectivity index (χ0n) is 19.5. The predicted molar refractivity (Wildman–Crippen MR) is 127 cm³/mol. The highest BCUT2D eigenvalue weighted by molar-refractivity contribution is 7.89. The molecule has 1 aliphatic heterocycles. The average Bonchev–Trinajstić information content (AvgIpc) is 2.84. The van der Waals surface area contributed by atoms with Crippen LogP contribution in [0.15, 0.2) is 53.4 Å². The van der Waals surface area contributed by atoms with Gasteiger partial charge in [-0.05, 0) is 55.9 Å². The molecular formula is C24H33N3O5S. The van der Waals surface area contributed by atoms with E-state index in [-0.39, 0.29) is 16.8 Å². The first-order chi connectivity index (χ1) is 15.8. The molecule has 9 heteroatoms. The number of benzene rings is 2. The van der Waals surface area contributed by atoms with Crippen LogP contribution in [-0.2, 0) is 26.0 Å². The Morgan fingerprint density at radius 2 is 1.73 bits per heavy atom. The summed E-state index contributed by atoms with van der Waals surface area (Å²) in [6.07, 6.45) is 0.872. The van der Waals surface area contributed by atoms with Crippen LogP contribution in [0.1, 0.15) is 23.6 Å². The standard InChI is InChI=1S/C24H33N3O5S/c1-26(2)23(20-7-9-21(31-3)10-8-20)18-25-24(28)13-6-19-4-11-22(12-5-19)33(29,30)27-14-16-32-17-15-27/h4-5,7-12,23H,6,13-18H2,1-3H3,(H,25,28). The smallest absolute Gasteiger partial charge is 0.243 e. The number of hydrogen-bond acceptors (Lipinski definition) is 6. The van der Waals surface area contributed by atoms with Gasteiger partial charge in [0.15, 0.2) is 0 Å². The van der Waals surface area contributed by atoms with E-state index in [0.717, 1.165) is 16.9 Å². The molecule has 1 fully saturated rings. The number of morpholine rings is 1. The van der Waals surface area contributed by atoms with Crippen LogP contribution in [0.25, 0.3) is 0 Å². The Morgan fingerprint density at radius 3 is 2.30 bits per heavy atom. The second-order valence-corrected chi connectivity index (χ2v) is 10.2. The lowest BCUT2D eigenvalue weighted by atomic mass is 10.1. The minimum absolute atomic E-state index is 0.0413. The molecule has 180 valence electrons. The molecule has 1 heterocycles. The molecule has 0 bridgehead atoms. The fourth-order valence-electron chi connectivity index (χ4n) is 3.75. The third-order valence-corrected chi connectivity index (χ3v) is 7.70. The summed E-state index contributed by atoms with van der Waals surface area (Å²) in [4.78, 5) is 14.8. The number of sulfonamides is 1. The Morgan fingerprint density at radius 1 is 1.09 bits per heavy atom. The van der Waals surface area contributed by atoms with Crippen molar-refractivity contribution in [2.45, 2.75) is 23.8 Å². The molecule has 3 rings (SSSR count). The molecule has 0 aliphatic carbocycles. The summed E-state index contributed by atoms with van der Waals surface area (Å²) < 4.78 is 37.3. The molecular weight excluding hydrogens is 442 g/mol. The van der Waals surface area contributed by atoms with Gasteiger partial charge in [-0.15, -0.1) is 0 Å². The van der Waals surface area contributed by atoms with Gasteiger partial charge >= 0.3 is 0 Å². The van der Waals surface area contributed by atoms with Crippen LogP contribution in [0.3, 0.4) is 0 Å². The summed E-state index contributed by atoms with van der Waals surface area (Å²) in [6.45, 7) is 2.07. The second-order valence-electron chi connectivity index (χ2n) is 8.22. The minimum Gasteiger partial charge on any atom is -0.497 e. The fraction of sp³-hybridized carbons (Fsp3) is 0.458. The molecule has 2 aromatic rings. The van der Waals surface area contributed by atoms with Crippen LogP contribution < -0.4 is 10.1 Å². The first-order valence-corrected chi connectivity index (χ1v) is 12.5. The van der Waals surface area contributed by atoms with Crippen LogP contribution in [0, 0.1) is 0 Å². The van der Waals surface area contributed by atoms with E-state index in [2.05, 4.69) is 10.2 Å². The van der Waals surface area contributed by atoms with Crippen LogP contribution >= 0.6 is 0 Å². The van der Waals surface area contributed by atoms with Gasteiger partial charge in [-0.1, -0.05) is 24.3 Å². The van der Waals surface area contributed by atoms with E-state index < -0.39 is 10.0 Å². The summed E-state index contributed by atoms with van der Waals surface area (Å²) in [5.74, 6) is 0.754. The molecule has 0 spiro atoms. The average molecular weight is 476 g/mol. The highest BCUT2D eigenvalue weighted by Gasteiger charge is 2.26. The van der Waals surface area contributed by atoms with Crippen molar-refractivity contribution in [2.75, 3.05) is 54.1 Å². The summed E-state index contributed by atoms with van der Waals surface area (Å²) in [5.41, 5.74) is 2.02. The molecule has 8 nitrogen and oxygen atoms in total. The number of likely N-dealkylation sites (N-methyl/N-ethyl adjacent to an activating group) is 1. The molecule has 0 aromatic heterocycles. The van der Waals surface area contributed by atoms with Crippen molar-refractivity contribution in [1.29, 1.82) is 0 Å². The summed E-state index contributed by atoms with van der Waals surface area (Å²) in [6, 6.07) is 14.7. The zero-order valence-corrected chi connectivity index (χ0v) is 20.3. The molecule has 33 heavy (non-hydrogen) atoms. The number of ether oxygens (including phenoxy) is 2. The maximum Gasteiger partial charge on any atom is 0.243 e. The Kier molecular flexibility index (Phi) is 8.85. The van der Waals surface area contributed by atoms with Gasteiger partial charge in [-0.25, -0.2) is 8.42 Å². The lowest BCUT2D eigenvalue weighted by Crippen LogP contribution is -2.40. The van der Waals surface area contributed by atoms with E-state index in [9.17, 15) is 13.2 Å². The van der Waals surface area contributed by atoms with Crippen molar-refractivity contribution in [1.82, 2.24) is 14.5 Å². The van der Waals surface area contributed by atoms with Crippen molar-refractivity contribution in [3.63, 3.8) is 0 Å². The number of amides is 1. The van der Waals surface area contributed by atoms with E-state index >= 15 is 0 Å². The van der Waals surface area contributed by atoms with Crippen LogP contribution in [0.4, 0.5) is 0 Å². The maximum atomic E-state index is 12.7. The monoisotopic (exact) mass is 475 g/mol. The number of nitrogens with one attached hydrogen (secondary N) is 1. The van der Waals surface area contributed by atoms with Crippen LogP contribution in [-0.4, -0.2) is 77.6 Å². The van der Waals surface area contributed by atoms with Crippen LogP contribution in [0.5, 0.6) is 5.75 Å². The predicted octanol–water partition coefficient (Wildman–Crippen LogP) is 2.07.